The summed E-state index contributed by atoms with van der Waals surface area (Å²) in [6.07, 6.45) is 0. The summed E-state index contributed by atoms with van der Waals surface area (Å²) in [5.41, 5.74) is 8.98. The third kappa shape index (κ3) is 4.90. The van der Waals surface area contributed by atoms with Crippen LogP contribution in [0.1, 0.15) is 38.7 Å². The zero-order valence-corrected chi connectivity index (χ0v) is 22.2. The van der Waals surface area contributed by atoms with Crippen molar-refractivity contribution in [2.24, 2.45) is 5.73 Å². The maximum atomic E-state index is 13.9. The monoisotopic (exact) mass is 564 g/mol. The minimum absolute atomic E-state index is 0.0457. The van der Waals surface area contributed by atoms with Gasteiger partial charge in [0.2, 0.25) is 11.6 Å². The molecule has 9 heteroatoms. The van der Waals surface area contributed by atoms with Gasteiger partial charge in [-0.2, -0.15) is 5.26 Å². The quantitative estimate of drug-likeness (QED) is 0.174. The van der Waals surface area contributed by atoms with Crippen LogP contribution in [0, 0.1) is 29.9 Å². The molecule has 1 aromatic heterocycles. The lowest BCUT2D eigenvalue weighted by molar-refractivity contribution is 0.0702. The number of nitrogens with zero attached hydrogens (tertiary/aromatic N) is 1. The van der Waals surface area contributed by atoms with Gasteiger partial charge in [-0.15, -0.1) is 0 Å². The van der Waals surface area contributed by atoms with Gasteiger partial charge in [0.15, 0.2) is 0 Å². The standard InChI is InChI=1S/C33H22F2N2O5/c1-18-25-14-21(34)8-13-28(25)41-31(18)33(38)40-23-11-12-24-29(15-23)42-32(37)26(16-36)30(24)19-6-9-22(10-7-19)39-17-20-4-2-3-5-27(20)35/h2-15,30H,17,37H2,1H3. The van der Waals surface area contributed by atoms with E-state index in [4.69, 9.17) is 24.4 Å². The molecule has 2 N–H and O–H groups in total. The van der Waals surface area contributed by atoms with Crippen LogP contribution in [-0.2, 0) is 6.61 Å². The number of aryl methyl sites for hydroxylation is 1. The van der Waals surface area contributed by atoms with Crippen molar-refractivity contribution >= 4 is 16.9 Å². The number of carbonyl (C=O) groups excluding carboxylic acids is 1. The Hall–Kier alpha value is -5.62. The minimum Gasteiger partial charge on any atom is -0.489 e. The Kier molecular flexibility index (Phi) is 6.80. The highest BCUT2D eigenvalue weighted by molar-refractivity contribution is 5.96. The molecule has 0 bridgehead atoms. The predicted octanol–water partition coefficient (Wildman–Crippen LogP) is 7.04. The number of halogens is 2. The molecule has 1 aliphatic heterocycles. The number of furan rings is 1. The van der Waals surface area contributed by atoms with Crippen LogP contribution < -0.4 is 19.9 Å². The molecule has 1 aliphatic rings. The van der Waals surface area contributed by atoms with E-state index in [9.17, 15) is 18.8 Å². The van der Waals surface area contributed by atoms with E-state index in [1.807, 2.05) is 0 Å². The maximum Gasteiger partial charge on any atom is 0.379 e. The molecule has 0 fully saturated rings. The first-order valence-electron chi connectivity index (χ1n) is 12.9. The fourth-order valence-electron chi connectivity index (χ4n) is 4.92. The molecule has 0 amide bonds. The van der Waals surface area contributed by atoms with Crippen LogP contribution in [0.4, 0.5) is 8.78 Å². The Bertz CT molecular complexity index is 1920. The van der Waals surface area contributed by atoms with Gasteiger partial charge in [0.1, 0.15) is 52.7 Å². The molecule has 7 nitrogen and oxygen atoms in total. The van der Waals surface area contributed by atoms with Crippen molar-refractivity contribution in [1.82, 2.24) is 0 Å². The lowest BCUT2D eigenvalue weighted by atomic mass is 9.83. The van der Waals surface area contributed by atoms with E-state index in [1.54, 1.807) is 61.5 Å². The Morgan fingerprint density at radius 3 is 2.52 bits per heavy atom. The molecule has 208 valence electrons. The smallest absolute Gasteiger partial charge is 0.379 e. The number of ether oxygens (including phenoxy) is 3. The topological polar surface area (TPSA) is 108 Å². The molecule has 0 spiro atoms. The highest BCUT2D eigenvalue weighted by Gasteiger charge is 2.31. The molecule has 5 aromatic rings. The Morgan fingerprint density at radius 1 is 1.00 bits per heavy atom. The lowest BCUT2D eigenvalue weighted by Gasteiger charge is -2.26. The average molecular weight is 565 g/mol. The molecule has 0 aliphatic carbocycles. The molecule has 2 heterocycles. The summed E-state index contributed by atoms with van der Waals surface area (Å²) < 4.78 is 50.3. The molecule has 1 unspecified atom stereocenters. The number of esters is 1. The Morgan fingerprint density at radius 2 is 1.76 bits per heavy atom. The van der Waals surface area contributed by atoms with Crippen LogP contribution in [0.15, 0.2) is 101 Å². The van der Waals surface area contributed by atoms with Gasteiger partial charge >= 0.3 is 5.97 Å². The summed E-state index contributed by atoms with van der Waals surface area (Å²) in [5.74, 6) is -1.24. The zero-order valence-electron chi connectivity index (χ0n) is 22.2. The van der Waals surface area contributed by atoms with E-state index in [0.29, 0.717) is 39.2 Å². The number of hydrogen-bond acceptors (Lipinski definition) is 7. The van der Waals surface area contributed by atoms with Crippen molar-refractivity contribution < 1.29 is 32.2 Å². The first-order chi connectivity index (χ1) is 20.3. The van der Waals surface area contributed by atoms with Gasteiger partial charge in [-0.3, -0.25) is 0 Å². The number of rotatable bonds is 6. The van der Waals surface area contributed by atoms with Crippen molar-refractivity contribution in [2.45, 2.75) is 19.4 Å². The number of carbonyl (C=O) groups is 1. The van der Waals surface area contributed by atoms with E-state index >= 15 is 0 Å². The normalized spacial score (nSPS) is 14.2. The predicted molar refractivity (Wildman–Crippen MR) is 149 cm³/mol. The van der Waals surface area contributed by atoms with Crippen LogP contribution in [0.25, 0.3) is 11.0 Å². The fraction of sp³-hybridized carbons (Fsp3) is 0.0909. The molecule has 0 radical (unpaired) electrons. The van der Waals surface area contributed by atoms with Crippen LogP contribution >= 0.6 is 0 Å². The number of benzene rings is 4. The molecule has 1 atom stereocenters. The van der Waals surface area contributed by atoms with E-state index in [1.165, 1.54) is 30.3 Å². The van der Waals surface area contributed by atoms with Crippen molar-refractivity contribution in [3.05, 3.63) is 136 Å². The number of fused-ring (bicyclic) bond motifs is 2. The number of allylic oxidation sites excluding steroid dienone is 1. The number of hydrogen-bond donors (Lipinski definition) is 1. The summed E-state index contributed by atoms with van der Waals surface area (Å²) in [7, 11) is 0. The molecule has 0 saturated heterocycles. The third-order valence-electron chi connectivity index (χ3n) is 7.05. The average Bonchev–Trinajstić information content (AvgIpc) is 3.31. The molecule has 0 saturated carbocycles. The van der Waals surface area contributed by atoms with Crippen LogP contribution in [-0.4, -0.2) is 5.97 Å². The highest BCUT2D eigenvalue weighted by Crippen LogP contribution is 2.44. The minimum atomic E-state index is -0.761. The van der Waals surface area contributed by atoms with E-state index in [0.717, 1.165) is 5.56 Å². The first kappa shape index (κ1) is 26.6. The SMILES string of the molecule is Cc1c(C(=O)Oc2ccc3c(c2)OC(N)=C(C#N)C3c2ccc(OCc3ccccc3F)cc2)oc2ccc(F)cc12. The molecule has 6 rings (SSSR count). The van der Waals surface area contributed by atoms with Crippen LogP contribution in [0.5, 0.6) is 17.2 Å². The van der Waals surface area contributed by atoms with Crippen LogP contribution in [0.3, 0.4) is 0 Å². The summed E-state index contributed by atoms with van der Waals surface area (Å²) in [6.45, 7) is 1.71. The number of nitriles is 1. The van der Waals surface area contributed by atoms with Gasteiger partial charge in [0, 0.05) is 28.1 Å². The lowest BCUT2D eigenvalue weighted by Crippen LogP contribution is -2.21. The van der Waals surface area contributed by atoms with Gasteiger partial charge < -0.3 is 24.4 Å². The second kappa shape index (κ2) is 10.7. The van der Waals surface area contributed by atoms with E-state index < -0.39 is 17.7 Å². The van der Waals surface area contributed by atoms with Crippen LogP contribution in [0.2, 0.25) is 0 Å². The van der Waals surface area contributed by atoms with Gasteiger partial charge in [-0.05, 0) is 55.0 Å². The molecule has 4 aromatic carbocycles. The molecular weight excluding hydrogens is 542 g/mol. The number of nitrogens with two attached hydrogens (primary N) is 1. The van der Waals surface area contributed by atoms with Crippen molar-refractivity contribution in [3.63, 3.8) is 0 Å². The van der Waals surface area contributed by atoms with Gasteiger partial charge in [-0.1, -0.05) is 36.4 Å². The summed E-state index contributed by atoms with van der Waals surface area (Å²) >= 11 is 0. The fourth-order valence-corrected chi connectivity index (χ4v) is 4.92. The van der Waals surface area contributed by atoms with Crippen molar-refractivity contribution in [1.29, 1.82) is 5.26 Å². The van der Waals surface area contributed by atoms with E-state index in [2.05, 4.69) is 6.07 Å². The Labute approximate surface area is 239 Å². The third-order valence-corrected chi connectivity index (χ3v) is 7.05. The molecule has 42 heavy (non-hydrogen) atoms. The molecular formula is C33H22F2N2O5. The summed E-state index contributed by atoms with van der Waals surface area (Å²) in [5, 5.41) is 10.4. The van der Waals surface area contributed by atoms with Gasteiger partial charge in [0.25, 0.3) is 0 Å². The van der Waals surface area contributed by atoms with Gasteiger partial charge in [-0.25, -0.2) is 13.6 Å². The maximum absolute atomic E-state index is 13.9. The highest BCUT2D eigenvalue weighted by atomic mass is 19.1. The van der Waals surface area contributed by atoms with Crippen molar-refractivity contribution in [2.75, 3.05) is 0 Å². The summed E-state index contributed by atoms with van der Waals surface area (Å²) in [4.78, 5) is 12.9. The van der Waals surface area contributed by atoms with Gasteiger partial charge in [0.05, 0.1) is 5.92 Å². The second-order valence-electron chi connectivity index (χ2n) is 9.66. The van der Waals surface area contributed by atoms with E-state index in [-0.39, 0.29) is 35.4 Å². The summed E-state index contributed by atoms with van der Waals surface area (Å²) in [6, 6.07) is 24.3. The Balaban J connectivity index is 1.25. The second-order valence-corrected chi connectivity index (χ2v) is 9.66. The van der Waals surface area contributed by atoms with Crippen molar-refractivity contribution in [3.8, 4) is 23.3 Å². The zero-order chi connectivity index (χ0) is 29.4. The first-order valence-corrected chi connectivity index (χ1v) is 12.9. The largest absolute Gasteiger partial charge is 0.489 e.